The molecular weight excluding hydrogens is 210 g/mol. The smallest absolute Gasteiger partial charge is 0.327 e. The Morgan fingerprint density at radius 3 is 3.00 bits per heavy atom. The lowest BCUT2D eigenvalue weighted by molar-refractivity contribution is -0.150. The topological polar surface area (TPSA) is 38.3 Å². The minimum Gasteiger partial charge on any atom is -0.465 e. The third-order valence-corrected chi connectivity index (χ3v) is 3.90. The first-order valence-corrected chi connectivity index (χ1v) is 6.34. The van der Waals surface area contributed by atoms with Crippen LogP contribution >= 0.6 is 11.8 Å². The van der Waals surface area contributed by atoms with Gasteiger partial charge in [-0.3, -0.25) is 10.1 Å². The van der Waals surface area contributed by atoms with Gasteiger partial charge in [-0.25, -0.2) is 0 Å². The highest BCUT2D eigenvalue weighted by Gasteiger charge is 2.45. The molecule has 1 saturated heterocycles. The van der Waals surface area contributed by atoms with Gasteiger partial charge in [-0.15, -0.1) is 6.58 Å². The summed E-state index contributed by atoms with van der Waals surface area (Å²) in [6.07, 6.45) is 2.61. The fourth-order valence-corrected chi connectivity index (χ4v) is 3.08. The minimum absolute atomic E-state index is 0.122. The molecule has 0 aromatic rings. The Balaban J connectivity index is 2.67. The van der Waals surface area contributed by atoms with E-state index in [-0.39, 0.29) is 5.97 Å². The largest absolute Gasteiger partial charge is 0.465 e. The fourth-order valence-electron chi connectivity index (χ4n) is 1.77. The number of nitrogens with one attached hydrogen (secondary N) is 1. The predicted molar refractivity (Wildman–Crippen MR) is 64.1 cm³/mol. The normalized spacial score (nSPS) is 30.1. The number of carbonyl (C=O) groups is 1. The van der Waals surface area contributed by atoms with Crippen molar-refractivity contribution in [2.45, 2.75) is 31.1 Å². The van der Waals surface area contributed by atoms with E-state index in [1.165, 1.54) is 0 Å². The second-order valence-electron chi connectivity index (χ2n) is 3.80. The zero-order valence-corrected chi connectivity index (χ0v) is 10.2. The molecule has 1 N–H and O–H groups in total. The van der Waals surface area contributed by atoms with E-state index in [1.807, 2.05) is 18.7 Å². The summed E-state index contributed by atoms with van der Waals surface area (Å²) >= 11 is 1.81. The molecule has 2 atom stereocenters. The van der Waals surface area contributed by atoms with Gasteiger partial charge in [-0.05, 0) is 13.3 Å². The monoisotopic (exact) mass is 229 g/mol. The average molecular weight is 229 g/mol. The van der Waals surface area contributed by atoms with E-state index < -0.39 is 5.54 Å². The first-order valence-electron chi connectivity index (χ1n) is 5.29. The van der Waals surface area contributed by atoms with Crippen LogP contribution in [0.5, 0.6) is 0 Å². The summed E-state index contributed by atoms with van der Waals surface area (Å²) in [4.78, 5) is 11.9. The van der Waals surface area contributed by atoms with Crippen molar-refractivity contribution in [3.8, 4) is 0 Å². The molecule has 1 aliphatic rings. The van der Waals surface area contributed by atoms with E-state index >= 15 is 0 Å². The molecule has 86 valence electrons. The molecule has 1 aliphatic heterocycles. The fraction of sp³-hybridized carbons (Fsp3) is 0.727. The maximum atomic E-state index is 11.9. The Kier molecular flexibility index (Phi) is 4.67. The van der Waals surface area contributed by atoms with Crippen molar-refractivity contribution in [2.75, 3.05) is 18.9 Å². The summed E-state index contributed by atoms with van der Waals surface area (Å²) < 4.78 is 5.13. The second kappa shape index (κ2) is 5.56. The Morgan fingerprint density at radius 1 is 1.80 bits per heavy atom. The van der Waals surface area contributed by atoms with Crippen molar-refractivity contribution in [2.24, 2.45) is 0 Å². The molecule has 1 rings (SSSR count). The van der Waals surface area contributed by atoms with Gasteiger partial charge in [0.1, 0.15) is 5.54 Å². The highest BCUT2D eigenvalue weighted by molar-refractivity contribution is 8.00. The molecule has 0 aromatic heterocycles. The maximum absolute atomic E-state index is 11.9. The standard InChI is InChI=1S/C11H19NO2S/c1-4-6-12-11(10(13)14-5-2)7-9(3)15-8-11/h4,9,12H,1,5-8H2,2-3H3. The molecule has 0 spiro atoms. The molecule has 0 aliphatic carbocycles. The minimum atomic E-state index is -0.492. The van der Waals surface area contributed by atoms with Crippen LogP contribution in [0.15, 0.2) is 12.7 Å². The first kappa shape index (κ1) is 12.6. The molecule has 0 radical (unpaired) electrons. The van der Waals surface area contributed by atoms with Gasteiger partial charge in [0.05, 0.1) is 6.61 Å². The van der Waals surface area contributed by atoms with Crippen molar-refractivity contribution in [1.82, 2.24) is 5.32 Å². The average Bonchev–Trinajstić information content (AvgIpc) is 2.59. The number of hydrogen-bond donors (Lipinski definition) is 1. The lowest BCUT2D eigenvalue weighted by atomic mass is 9.96. The molecule has 1 heterocycles. The summed E-state index contributed by atoms with van der Waals surface area (Å²) in [5.41, 5.74) is -0.492. The molecule has 2 unspecified atom stereocenters. The van der Waals surface area contributed by atoms with Crippen LogP contribution in [-0.2, 0) is 9.53 Å². The van der Waals surface area contributed by atoms with Gasteiger partial charge in [0.15, 0.2) is 0 Å². The van der Waals surface area contributed by atoms with Gasteiger partial charge < -0.3 is 4.74 Å². The molecular formula is C11H19NO2S. The summed E-state index contributed by atoms with van der Waals surface area (Å²) in [7, 11) is 0. The van der Waals surface area contributed by atoms with Crippen molar-refractivity contribution in [3.05, 3.63) is 12.7 Å². The van der Waals surface area contributed by atoms with Crippen LogP contribution in [-0.4, -0.2) is 35.7 Å². The second-order valence-corrected chi connectivity index (χ2v) is 5.22. The molecule has 1 fully saturated rings. The van der Waals surface area contributed by atoms with E-state index in [9.17, 15) is 4.79 Å². The van der Waals surface area contributed by atoms with E-state index in [4.69, 9.17) is 4.74 Å². The number of rotatable bonds is 5. The quantitative estimate of drug-likeness (QED) is 0.574. The van der Waals surface area contributed by atoms with Crippen LogP contribution in [0.3, 0.4) is 0 Å². The third-order valence-electron chi connectivity index (χ3n) is 2.50. The number of thioether (sulfide) groups is 1. The van der Waals surface area contributed by atoms with Gasteiger partial charge in [-0.2, -0.15) is 11.8 Å². The Labute approximate surface area is 95.6 Å². The Hall–Kier alpha value is -0.480. The van der Waals surface area contributed by atoms with Crippen molar-refractivity contribution in [1.29, 1.82) is 0 Å². The molecule has 0 saturated carbocycles. The van der Waals surface area contributed by atoms with Crippen LogP contribution in [0.4, 0.5) is 0 Å². The highest BCUT2D eigenvalue weighted by atomic mass is 32.2. The summed E-state index contributed by atoms with van der Waals surface area (Å²) in [5.74, 6) is 0.671. The van der Waals surface area contributed by atoms with Gasteiger partial charge in [0.2, 0.25) is 0 Å². The van der Waals surface area contributed by atoms with Gasteiger partial charge in [-0.1, -0.05) is 13.0 Å². The van der Waals surface area contributed by atoms with Crippen molar-refractivity contribution < 1.29 is 9.53 Å². The third kappa shape index (κ3) is 2.98. The van der Waals surface area contributed by atoms with Crippen molar-refractivity contribution >= 4 is 17.7 Å². The Morgan fingerprint density at radius 2 is 2.53 bits per heavy atom. The molecule has 15 heavy (non-hydrogen) atoms. The zero-order chi connectivity index (χ0) is 11.3. The molecule has 4 heteroatoms. The van der Waals surface area contributed by atoms with Gasteiger partial charge >= 0.3 is 5.97 Å². The summed E-state index contributed by atoms with van der Waals surface area (Å²) in [6, 6.07) is 0. The number of esters is 1. The van der Waals surface area contributed by atoms with Crippen LogP contribution in [0, 0.1) is 0 Å². The molecule has 3 nitrogen and oxygen atoms in total. The van der Waals surface area contributed by atoms with Crippen LogP contribution in [0.25, 0.3) is 0 Å². The van der Waals surface area contributed by atoms with Crippen LogP contribution in [0.1, 0.15) is 20.3 Å². The number of ether oxygens (including phenoxy) is 1. The predicted octanol–water partition coefficient (Wildman–Crippen LogP) is 1.59. The lowest BCUT2D eigenvalue weighted by Crippen LogP contribution is -2.53. The Bertz CT molecular complexity index is 245. The molecule has 0 aromatic carbocycles. The van der Waals surface area contributed by atoms with Gasteiger partial charge in [0.25, 0.3) is 0 Å². The SMILES string of the molecule is C=CCNC1(C(=O)OCC)CSC(C)C1. The van der Waals surface area contributed by atoms with E-state index in [1.54, 1.807) is 6.08 Å². The summed E-state index contributed by atoms with van der Waals surface area (Å²) in [5, 5.41) is 3.75. The molecule has 0 bridgehead atoms. The van der Waals surface area contributed by atoms with E-state index in [0.29, 0.717) is 18.4 Å². The number of hydrogen-bond acceptors (Lipinski definition) is 4. The van der Waals surface area contributed by atoms with E-state index in [0.717, 1.165) is 12.2 Å². The highest BCUT2D eigenvalue weighted by Crippen LogP contribution is 2.35. The van der Waals surface area contributed by atoms with Crippen molar-refractivity contribution in [3.63, 3.8) is 0 Å². The maximum Gasteiger partial charge on any atom is 0.327 e. The van der Waals surface area contributed by atoms with E-state index in [2.05, 4.69) is 18.8 Å². The first-order chi connectivity index (χ1) is 7.14. The van der Waals surface area contributed by atoms with Crippen LogP contribution in [0.2, 0.25) is 0 Å². The number of carbonyl (C=O) groups excluding carboxylic acids is 1. The van der Waals surface area contributed by atoms with Gasteiger partial charge in [0, 0.05) is 17.5 Å². The van der Waals surface area contributed by atoms with Crippen LogP contribution < -0.4 is 5.32 Å². The zero-order valence-electron chi connectivity index (χ0n) is 9.41. The lowest BCUT2D eigenvalue weighted by Gasteiger charge is -2.26. The summed E-state index contributed by atoms with van der Waals surface area (Å²) in [6.45, 7) is 8.72. The molecule has 0 amide bonds.